The van der Waals surface area contributed by atoms with Gasteiger partial charge in [0.05, 0.1) is 0 Å². The molecule has 3 heteroatoms. The molecule has 2 N–H and O–H groups in total. The van der Waals surface area contributed by atoms with Crippen molar-refractivity contribution in [2.45, 2.75) is 50.9 Å². The van der Waals surface area contributed by atoms with Crippen molar-refractivity contribution in [1.29, 1.82) is 0 Å². The molecule has 0 aromatic carbocycles. The van der Waals surface area contributed by atoms with Gasteiger partial charge in [0.1, 0.15) is 0 Å². The molecule has 1 aliphatic rings. The van der Waals surface area contributed by atoms with Crippen molar-refractivity contribution >= 4 is 11.8 Å². The highest BCUT2D eigenvalue weighted by atomic mass is 32.2. The molecule has 1 heterocycles. The molecular weight excluding hydrogens is 192 g/mol. The molecular formula is C11H24N2S. The van der Waals surface area contributed by atoms with Crippen LogP contribution in [0.15, 0.2) is 0 Å². The minimum Gasteiger partial charge on any atom is -0.329 e. The fourth-order valence-electron chi connectivity index (χ4n) is 2.22. The van der Waals surface area contributed by atoms with E-state index in [9.17, 15) is 0 Å². The van der Waals surface area contributed by atoms with Gasteiger partial charge in [-0.3, -0.25) is 4.90 Å². The van der Waals surface area contributed by atoms with E-state index in [-0.39, 0.29) is 0 Å². The average molecular weight is 216 g/mol. The van der Waals surface area contributed by atoms with Crippen LogP contribution >= 0.6 is 11.8 Å². The van der Waals surface area contributed by atoms with Gasteiger partial charge in [-0.1, -0.05) is 20.3 Å². The van der Waals surface area contributed by atoms with E-state index < -0.39 is 0 Å². The van der Waals surface area contributed by atoms with Gasteiger partial charge < -0.3 is 5.73 Å². The highest BCUT2D eigenvalue weighted by Crippen LogP contribution is 2.26. The number of hydrogen-bond donors (Lipinski definition) is 1. The van der Waals surface area contributed by atoms with Gasteiger partial charge in [0.2, 0.25) is 0 Å². The Morgan fingerprint density at radius 1 is 1.50 bits per heavy atom. The van der Waals surface area contributed by atoms with Gasteiger partial charge >= 0.3 is 0 Å². The summed E-state index contributed by atoms with van der Waals surface area (Å²) in [4.78, 5) is 2.62. The van der Waals surface area contributed by atoms with E-state index in [4.69, 9.17) is 5.73 Å². The quantitative estimate of drug-likeness (QED) is 0.779. The van der Waals surface area contributed by atoms with Crippen molar-refractivity contribution in [3.05, 3.63) is 0 Å². The monoisotopic (exact) mass is 216 g/mol. The van der Waals surface area contributed by atoms with Crippen molar-refractivity contribution in [3.63, 3.8) is 0 Å². The largest absolute Gasteiger partial charge is 0.329 e. The van der Waals surface area contributed by atoms with Crippen molar-refractivity contribution in [2.24, 2.45) is 5.73 Å². The van der Waals surface area contributed by atoms with Crippen LogP contribution < -0.4 is 5.73 Å². The number of thioether (sulfide) groups is 1. The summed E-state index contributed by atoms with van der Waals surface area (Å²) in [5, 5.41) is 0.759. The standard InChI is InChI=1S/C11H24N2S/c1-4-5-11(8-12)13-6-7-14-10(3)9(13)2/h9-11H,4-8,12H2,1-3H3. The third-order valence-corrected chi connectivity index (χ3v) is 4.63. The van der Waals surface area contributed by atoms with Crippen LogP contribution in [0.25, 0.3) is 0 Å². The van der Waals surface area contributed by atoms with Crippen molar-refractivity contribution in [2.75, 3.05) is 18.8 Å². The Kier molecular flexibility index (Phi) is 5.28. The van der Waals surface area contributed by atoms with Crippen molar-refractivity contribution in [3.8, 4) is 0 Å². The Labute approximate surface area is 92.6 Å². The first-order valence-corrected chi connectivity index (χ1v) is 6.83. The summed E-state index contributed by atoms with van der Waals surface area (Å²) in [7, 11) is 0. The lowest BCUT2D eigenvalue weighted by Crippen LogP contribution is -2.52. The molecule has 14 heavy (non-hydrogen) atoms. The fraction of sp³-hybridized carbons (Fsp3) is 1.00. The van der Waals surface area contributed by atoms with Gasteiger partial charge in [-0.2, -0.15) is 11.8 Å². The van der Waals surface area contributed by atoms with Gasteiger partial charge in [-0.05, 0) is 13.3 Å². The SMILES string of the molecule is CCCC(CN)N1CCSC(C)C1C. The van der Waals surface area contributed by atoms with Crippen LogP contribution in [-0.2, 0) is 0 Å². The normalized spacial score (nSPS) is 31.7. The predicted molar refractivity (Wildman–Crippen MR) is 65.8 cm³/mol. The lowest BCUT2D eigenvalue weighted by atomic mass is 10.1. The molecule has 0 aliphatic carbocycles. The molecule has 0 radical (unpaired) electrons. The first-order chi connectivity index (χ1) is 6.70. The predicted octanol–water partition coefficient (Wildman–Crippen LogP) is 1.94. The van der Waals surface area contributed by atoms with Crippen LogP contribution in [0.3, 0.4) is 0 Å². The second kappa shape index (κ2) is 5.99. The molecule has 1 rings (SSSR count). The van der Waals surface area contributed by atoms with E-state index in [1.165, 1.54) is 25.1 Å². The first kappa shape index (κ1) is 12.3. The molecule has 0 bridgehead atoms. The first-order valence-electron chi connectivity index (χ1n) is 5.78. The number of nitrogens with two attached hydrogens (primary N) is 1. The van der Waals surface area contributed by atoms with Gasteiger partial charge in [0.25, 0.3) is 0 Å². The molecule has 0 aromatic heterocycles. The molecule has 84 valence electrons. The van der Waals surface area contributed by atoms with Gasteiger partial charge in [-0.15, -0.1) is 0 Å². The van der Waals surface area contributed by atoms with Crippen LogP contribution in [0.5, 0.6) is 0 Å². The van der Waals surface area contributed by atoms with E-state index in [1.807, 2.05) is 0 Å². The maximum absolute atomic E-state index is 5.85. The summed E-state index contributed by atoms with van der Waals surface area (Å²) < 4.78 is 0. The zero-order chi connectivity index (χ0) is 10.6. The van der Waals surface area contributed by atoms with E-state index in [0.717, 1.165) is 11.8 Å². The molecule has 2 nitrogen and oxygen atoms in total. The fourth-order valence-corrected chi connectivity index (χ4v) is 3.35. The summed E-state index contributed by atoms with van der Waals surface area (Å²) >= 11 is 2.09. The lowest BCUT2D eigenvalue weighted by Gasteiger charge is -2.42. The summed E-state index contributed by atoms with van der Waals surface area (Å²) in [6, 6.07) is 1.30. The number of rotatable bonds is 4. The minimum absolute atomic E-state index is 0.610. The van der Waals surface area contributed by atoms with E-state index >= 15 is 0 Å². The average Bonchev–Trinajstić information content (AvgIpc) is 2.19. The third kappa shape index (κ3) is 2.88. The Balaban J connectivity index is 2.54. The zero-order valence-corrected chi connectivity index (χ0v) is 10.5. The van der Waals surface area contributed by atoms with Crippen LogP contribution in [0, 0.1) is 0 Å². The Morgan fingerprint density at radius 3 is 2.79 bits per heavy atom. The topological polar surface area (TPSA) is 29.3 Å². The molecule has 0 spiro atoms. The van der Waals surface area contributed by atoms with E-state index in [0.29, 0.717) is 12.1 Å². The van der Waals surface area contributed by atoms with E-state index in [2.05, 4.69) is 37.4 Å². The van der Waals surface area contributed by atoms with Gasteiger partial charge in [0.15, 0.2) is 0 Å². The maximum Gasteiger partial charge on any atom is 0.0221 e. The summed E-state index contributed by atoms with van der Waals surface area (Å²) in [6.45, 7) is 8.96. The molecule has 1 fully saturated rings. The van der Waals surface area contributed by atoms with Crippen molar-refractivity contribution < 1.29 is 0 Å². The molecule has 3 unspecified atom stereocenters. The summed E-state index contributed by atoms with van der Waals surface area (Å²) in [5.41, 5.74) is 5.85. The number of nitrogens with zero attached hydrogens (tertiary/aromatic N) is 1. The van der Waals surface area contributed by atoms with Gasteiger partial charge in [-0.25, -0.2) is 0 Å². The molecule has 0 saturated carbocycles. The maximum atomic E-state index is 5.85. The van der Waals surface area contributed by atoms with Crippen LogP contribution in [0.1, 0.15) is 33.6 Å². The Hall–Kier alpha value is 0.270. The molecule has 3 atom stereocenters. The van der Waals surface area contributed by atoms with Crippen LogP contribution in [-0.4, -0.2) is 41.1 Å². The molecule has 1 saturated heterocycles. The van der Waals surface area contributed by atoms with Gasteiger partial charge in [0, 0.05) is 36.2 Å². The third-order valence-electron chi connectivity index (χ3n) is 3.30. The second-order valence-corrected chi connectivity index (χ2v) is 5.72. The van der Waals surface area contributed by atoms with Crippen LogP contribution in [0.4, 0.5) is 0 Å². The van der Waals surface area contributed by atoms with Crippen molar-refractivity contribution in [1.82, 2.24) is 4.90 Å². The molecule has 1 aliphatic heterocycles. The smallest absolute Gasteiger partial charge is 0.0221 e. The second-order valence-electron chi connectivity index (χ2n) is 4.23. The zero-order valence-electron chi connectivity index (χ0n) is 9.70. The number of hydrogen-bond acceptors (Lipinski definition) is 3. The summed E-state index contributed by atoms with van der Waals surface area (Å²) in [5.74, 6) is 1.27. The Morgan fingerprint density at radius 2 is 2.21 bits per heavy atom. The highest BCUT2D eigenvalue weighted by molar-refractivity contribution is 8.00. The highest BCUT2D eigenvalue weighted by Gasteiger charge is 2.29. The Bertz CT molecular complexity index is 163. The molecule has 0 amide bonds. The van der Waals surface area contributed by atoms with Crippen LogP contribution in [0.2, 0.25) is 0 Å². The molecule has 0 aromatic rings. The lowest BCUT2D eigenvalue weighted by molar-refractivity contribution is 0.142. The van der Waals surface area contributed by atoms with E-state index in [1.54, 1.807) is 0 Å². The minimum atomic E-state index is 0.610. The summed E-state index contributed by atoms with van der Waals surface area (Å²) in [6.07, 6.45) is 2.49.